The molecule has 2 N–H and O–H groups in total. The van der Waals surface area contributed by atoms with Gasteiger partial charge >= 0.3 is 0 Å². The van der Waals surface area contributed by atoms with Gasteiger partial charge in [-0.25, -0.2) is 4.98 Å². The first-order chi connectivity index (χ1) is 8.79. The molecular weight excluding hydrogens is 266 g/mol. The molecular formula is C13H22ClN3S. The van der Waals surface area contributed by atoms with Crippen molar-refractivity contribution in [2.75, 3.05) is 12.3 Å². The first-order valence-corrected chi connectivity index (χ1v) is 8.28. The molecule has 3 nitrogen and oxygen atoms in total. The summed E-state index contributed by atoms with van der Waals surface area (Å²) < 4.78 is 0. The number of nitrogens with one attached hydrogen (secondary N) is 2. The summed E-state index contributed by atoms with van der Waals surface area (Å²) in [6.07, 6.45) is 6.05. The Balaban J connectivity index is 1.75. The van der Waals surface area contributed by atoms with Crippen molar-refractivity contribution < 1.29 is 0 Å². The molecule has 0 bridgehead atoms. The van der Waals surface area contributed by atoms with Crippen LogP contribution in [-0.2, 0) is 13.0 Å². The zero-order valence-electron chi connectivity index (χ0n) is 11.0. The van der Waals surface area contributed by atoms with Crippen LogP contribution in [-0.4, -0.2) is 27.5 Å². The van der Waals surface area contributed by atoms with Crippen LogP contribution in [0.2, 0.25) is 5.15 Å². The van der Waals surface area contributed by atoms with Gasteiger partial charge in [0.15, 0.2) is 5.15 Å². The molecule has 1 fully saturated rings. The van der Waals surface area contributed by atoms with Crippen LogP contribution in [0.25, 0.3) is 0 Å². The Hall–Kier alpha value is -0.190. The Labute approximate surface area is 118 Å². The highest BCUT2D eigenvalue weighted by Crippen LogP contribution is 2.25. The van der Waals surface area contributed by atoms with Crippen molar-refractivity contribution in [1.82, 2.24) is 15.3 Å². The quantitative estimate of drug-likeness (QED) is 0.808. The number of thioether (sulfide) groups is 1. The van der Waals surface area contributed by atoms with E-state index in [0.29, 0.717) is 5.15 Å². The Kier molecular flexibility index (Phi) is 5.86. The number of aromatic nitrogens is 2. The normalized spacial score (nSPS) is 19.6. The van der Waals surface area contributed by atoms with Gasteiger partial charge in [0.1, 0.15) is 5.82 Å². The monoisotopic (exact) mass is 287 g/mol. The lowest BCUT2D eigenvalue weighted by molar-refractivity contribution is 0.638. The van der Waals surface area contributed by atoms with Crippen LogP contribution in [0.3, 0.4) is 0 Å². The minimum atomic E-state index is 0.632. The Morgan fingerprint density at radius 1 is 1.56 bits per heavy atom. The maximum absolute atomic E-state index is 6.13. The number of aryl methyl sites for hydroxylation is 1. The van der Waals surface area contributed by atoms with E-state index in [0.717, 1.165) is 42.7 Å². The average Bonchev–Trinajstić information content (AvgIpc) is 2.98. The van der Waals surface area contributed by atoms with Gasteiger partial charge in [0.2, 0.25) is 0 Å². The molecule has 102 valence electrons. The molecule has 0 amide bonds. The fourth-order valence-corrected chi connectivity index (χ4v) is 3.63. The number of halogens is 1. The van der Waals surface area contributed by atoms with E-state index in [2.05, 4.69) is 34.0 Å². The summed E-state index contributed by atoms with van der Waals surface area (Å²) in [5.74, 6) is 2.34. The lowest BCUT2D eigenvalue weighted by atomic mass is 10.2. The highest BCUT2D eigenvalue weighted by Gasteiger charge is 2.15. The van der Waals surface area contributed by atoms with Crippen LogP contribution in [0.15, 0.2) is 0 Å². The number of hydrogen-bond donors (Lipinski definition) is 2. The van der Waals surface area contributed by atoms with E-state index in [1.54, 1.807) is 0 Å². The SMILES string of the molecule is CCCCc1nc(Cl)c(CNCC2CCCS2)[nH]1. The summed E-state index contributed by atoms with van der Waals surface area (Å²) in [6.45, 7) is 4.06. The summed E-state index contributed by atoms with van der Waals surface area (Å²) in [5, 5.41) is 4.89. The number of nitrogens with zero attached hydrogens (tertiary/aromatic N) is 1. The second-order valence-electron chi connectivity index (χ2n) is 4.82. The van der Waals surface area contributed by atoms with Crippen LogP contribution in [0.5, 0.6) is 0 Å². The third-order valence-corrected chi connectivity index (χ3v) is 4.95. The Morgan fingerprint density at radius 3 is 3.17 bits per heavy atom. The third-order valence-electron chi connectivity index (χ3n) is 3.24. The second-order valence-corrected chi connectivity index (χ2v) is 6.59. The number of aromatic amines is 1. The van der Waals surface area contributed by atoms with E-state index in [1.807, 2.05) is 0 Å². The van der Waals surface area contributed by atoms with Crippen LogP contribution >= 0.6 is 23.4 Å². The molecule has 0 aliphatic carbocycles. The topological polar surface area (TPSA) is 40.7 Å². The molecule has 0 aromatic carbocycles. The molecule has 1 aromatic rings. The van der Waals surface area contributed by atoms with Crippen molar-refractivity contribution >= 4 is 23.4 Å². The van der Waals surface area contributed by atoms with E-state index in [1.165, 1.54) is 25.0 Å². The molecule has 1 aromatic heterocycles. The Bertz CT molecular complexity index is 361. The van der Waals surface area contributed by atoms with Gasteiger partial charge in [-0.05, 0) is 25.0 Å². The van der Waals surface area contributed by atoms with Crippen molar-refractivity contribution in [2.24, 2.45) is 0 Å². The predicted octanol–water partition coefficient (Wildman–Crippen LogP) is 3.39. The van der Waals surface area contributed by atoms with Crippen LogP contribution in [0.1, 0.15) is 44.1 Å². The van der Waals surface area contributed by atoms with Gasteiger partial charge in [0.25, 0.3) is 0 Å². The molecule has 2 heterocycles. The van der Waals surface area contributed by atoms with Gasteiger partial charge in [0, 0.05) is 24.8 Å². The van der Waals surface area contributed by atoms with Crippen LogP contribution < -0.4 is 5.32 Å². The fraction of sp³-hybridized carbons (Fsp3) is 0.769. The molecule has 1 atom stereocenters. The first-order valence-electron chi connectivity index (χ1n) is 6.85. The summed E-state index contributed by atoms with van der Waals surface area (Å²) in [7, 11) is 0. The average molecular weight is 288 g/mol. The van der Waals surface area contributed by atoms with E-state index in [-0.39, 0.29) is 0 Å². The minimum Gasteiger partial charge on any atom is -0.344 e. The summed E-state index contributed by atoms with van der Waals surface area (Å²) in [5.41, 5.74) is 1.03. The van der Waals surface area contributed by atoms with Crippen molar-refractivity contribution in [1.29, 1.82) is 0 Å². The van der Waals surface area contributed by atoms with Gasteiger partial charge in [-0.1, -0.05) is 24.9 Å². The summed E-state index contributed by atoms with van der Waals surface area (Å²) in [4.78, 5) is 7.69. The summed E-state index contributed by atoms with van der Waals surface area (Å²) >= 11 is 8.21. The highest BCUT2D eigenvalue weighted by atomic mass is 35.5. The zero-order chi connectivity index (χ0) is 12.8. The lowest BCUT2D eigenvalue weighted by Gasteiger charge is -2.09. The first kappa shape index (κ1) is 14.2. The minimum absolute atomic E-state index is 0.632. The van der Waals surface area contributed by atoms with Gasteiger partial charge in [-0.15, -0.1) is 0 Å². The van der Waals surface area contributed by atoms with E-state index >= 15 is 0 Å². The number of imidazole rings is 1. The number of unbranched alkanes of at least 4 members (excludes halogenated alkanes) is 1. The van der Waals surface area contributed by atoms with Crippen LogP contribution in [0.4, 0.5) is 0 Å². The largest absolute Gasteiger partial charge is 0.344 e. The maximum Gasteiger partial charge on any atom is 0.151 e. The molecule has 18 heavy (non-hydrogen) atoms. The number of H-pyrrole nitrogens is 1. The van der Waals surface area contributed by atoms with E-state index in [9.17, 15) is 0 Å². The highest BCUT2D eigenvalue weighted by molar-refractivity contribution is 8.00. The zero-order valence-corrected chi connectivity index (χ0v) is 12.5. The Morgan fingerprint density at radius 2 is 2.44 bits per heavy atom. The molecule has 1 aliphatic rings. The number of hydrogen-bond acceptors (Lipinski definition) is 3. The van der Waals surface area contributed by atoms with Crippen molar-refractivity contribution in [2.45, 2.75) is 50.8 Å². The second kappa shape index (κ2) is 7.41. The molecule has 0 radical (unpaired) electrons. The van der Waals surface area contributed by atoms with Gasteiger partial charge in [-0.3, -0.25) is 0 Å². The molecule has 1 saturated heterocycles. The van der Waals surface area contributed by atoms with Crippen molar-refractivity contribution in [3.8, 4) is 0 Å². The van der Waals surface area contributed by atoms with Crippen molar-refractivity contribution in [3.63, 3.8) is 0 Å². The summed E-state index contributed by atoms with van der Waals surface area (Å²) in [6, 6.07) is 0. The lowest BCUT2D eigenvalue weighted by Crippen LogP contribution is -2.22. The fourth-order valence-electron chi connectivity index (χ4n) is 2.18. The molecule has 1 aliphatic heterocycles. The smallest absolute Gasteiger partial charge is 0.151 e. The predicted molar refractivity (Wildman–Crippen MR) is 79.4 cm³/mol. The van der Waals surface area contributed by atoms with Crippen molar-refractivity contribution in [3.05, 3.63) is 16.7 Å². The van der Waals surface area contributed by atoms with E-state index in [4.69, 9.17) is 11.6 Å². The molecule has 2 rings (SSSR count). The molecule has 0 spiro atoms. The standard InChI is InChI=1S/C13H22ClN3S/c1-2-3-6-12-16-11(13(14)17-12)9-15-8-10-5-4-7-18-10/h10,15H,2-9H2,1H3,(H,16,17). The third kappa shape index (κ3) is 4.18. The van der Waals surface area contributed by atoms with Gasteiger partial charge in [0.05, 0.1) is 5.69 Å². The van der Waals surface area contributed by atoms with Crippen LogP contribution in [0, 0.1) is 0 Å². The number of rotatable bonds is 7. The molecule has 1 unspecified atom stereocenters. The van der Waals surface area contributed by atoms with Gasteiger partial charge in [-0.2, -0.15) is 11.8 Å². The van der Waals surface area contributed by atoms with Gasteiger partial charge < -0.3 is 10.3 Å². The molecule has 5 heteroatoms. The van der Waals surface area contributed by atoms with E-state index < -0.39 is 0 Å². The molecule has 0 saturated carbocycles. The maximum atomic E-state index is 6.13.